The molecule has 7 heteroatoms. The van der Waals surface area contributed by atoms with Gasteiger partial charge in [0.2, 0.25) is 5.89 Å². The number of carbonyl (C=O) groups is 1. The van der Waals surface area contributed by atoms with Gasteiger partial charge in [-0.1, -0.05) is 59.6 Å². The molecule has 0 aliphatic heterocycles. The van der Waals surface area contributed by atoms with Crippen LogP contribution < -0.4 is 10.1 Å². The average molecular weight is 477 g/mol. The van der Waals surface area contributed by atoms with Gasteiger partial charge in [0, 0.05) is 21.7 Å². The van der Waals surface area contributed by atoms with E-state index >= 15 is 0 Å². The van der Waals surface area contributed by atoms with Crippen molar-refractivity contribution < 1.29 is 13.9 Å². The predicted octanol–water partition coefficient (Wildman–Crippen LogP) is 7.36. The normalized spacial score (nSPS) is 12.1. The third kappa shape index (κ3) is 4.38. The number of oxazole rings is 1. The number of anilines is 1. The molecule has 0 aliphatic rings. The molecule has 33 heavy (non-hydrogen) atoms. The Kier molecular flexibility index (Phi) is 5.67. The van der Waals surface area contributed by atoms with Crippen LogP contribution in [-0.4, -0.2) is 17.0 Å². The number of amides is 1. The van der Waals surface area contributed by atoms with Crippen LogP contribution in [0.4, 0.5) is 5.69 Å². The molecule has 1 unspecified atom stereocenters. The lowest BCUT2D eigenvalue weighted by molar-refractivity contribution is -0.122. The average Bonchev–Trinajstić information content (AvgIpc) is 3.26. The third-order valence-corrected chi connectivity index (χ3v) is 5.76. The number of aromatic nitrogens is 1. The van der Waals surface area contributed by atoms with Crippen LogP contribution in [0.15, 0.2) is 83.3 Å². The van der Waals surface area contributed by atoms with Crippen molar-refractivity contribution in [2.24, 2.45) is 0 Å². The fourth-order valence-corrected chi connectivity index (χ4v) is 4.03. The Morgan fingerprint density at radius 1 is 1.00 bits per heavy atom. The van der Waals surface area contributed by atoms with E-state index < -0.39 is 6.10 Å². The molecule has 1 aromatic heterocycles. The van der Waals surface area contributed by atoms with E-state index in [1.165, 1.54) is 0 Å². The van der Waals surface area contributed by atoms with E-state index in [-0.39, 0.29) is 5.91 Å². The van der Waals surface area contributed by atoms with Gasteiger partial charge in [0.05, 0.1) is 5.02 Å². The van der Waals surface area contributed by atoms with Crippen LogP contribution in [0.3, 0.4) is 0 Å². The monoisotopic (exact) mass is 476 g/mol. The predicted molar refractivity (Wildman–Crippen MR) is 132 cm³/mol. The summed E-state index contributed by atoms with van der Waals surface area (Å²) in [5.74, 6) is 0.549. The van der Waals surface area contributed by atoms with E-state index in [9.17, 15) is 4.79 Å². The topological polar surface area (TPSA) is 64.4 Å². The van der Waals surface area contributed by atoms with E-state index in [1.807, 2.05) is 54.6 Å². The van der Waals surface area contributed by atoms with Gasteiger partial charge in [-0.15, -0.1) is 0 Å². The summed E-state index contributed by atoms with van der Waals surface area (Å²) in [6.07, 6.45) is -0.775. The minimum atomic E-state index is -0.775. The van der Waals surface area contributed by atoms with Crippen molar-refractivity contribution in [1.29, 1.82) is 0 Å². The second kappa shape index (κ2) is 8.77. The van der Waals surface area contributed by atoms with Crippen LogP contribution >= 0.6 is 23.2 Å². The van der Waals surface area contributed by atoms with Crippen LogP contribution in [0.2, 0.25) is 10.0 Å². The molecule has 0 saturated carbocycles. The standard InChI is InChI=1S/C26H18Cl2N2O3/c1-15(32-22-12-10-18(27)14-21(22)28)25(31)29-19-7-4-6-17(13-19)26-30-24-20-8-3-2-5-16(20)9-11-23(24)33-26/h2-15H,1H3,(H,29,31). The smallest absolute Gasteiger partial charge is 0.265 e. The van der Waals surface area contributed by atoms with Gasteiger partial charge in [0.25, 0.3) is 5.91 Å². The van der Waals surface area contributed by atoms with Crippen molar-refractivity contribution in [2.75, 3.05) is 5.32 Å². The highest BCUT2D eigenvalue weighted by Crippen LogP contribution is 2.31. The quantitative estimate of drug-likeness (QED) is 0.287. The number of ether oxygens (including phenoxy) is 1. The Morgan fingerprint density at radius 2 is 1.85 bits per heavy atom. The Bertz CT molecular complexity index is 1500. The maximum Gasteiger partial charge on any atom is 0.265 e. The molecule has 5 aromatic rings. The first kappa shape index (κ1) is 21.3. The largest absolute Gasteiger partial charge is 0.479 e. The molecule has 5 nitrogen and oxygen atoms in total. The van der Waals surface area contributed by atoms with E-state index in [0.717, 1.165) is 21.9 Å². The van der Waals surface area contributed by atoms with Gasteiger partial charge in [0.15, 0.2) is 11.7 Å². The number of benzene rings is 4. The molecule has 0 bridgehead atoms. The molecule has 1 amide bonds. The Hall–Kier alpha value is -3.54. The first-order valence-electron chi connectivity index (χ1n) is 10.3. The summed E-state index contributed by atoms with van der Waals surface area (Å²) in [7, 11) is 0. The zero-order valence-corrected chi connectivity index (χ0v) is 19.0. The zero-order valence-electron chi connectivity index (χ0n) is 17.5. The summed E-state index contributed by atoms with van der Waals surface area (Å²) in [5.41, 5.74) is 2.86. The molecule has 1 atom stereocenters. The molecule has 4 aromatic carbocycles. The number of nitrogens with zero attached hydrogens (tertiary/aromatic N) is 1. The number of halogens is 2. The van der Waals surface area contributed by atoms with Gasteiger partial charge >= 0.3 is 0 Å². The molecule has 0 fully saturated rings. The van der Waals surface area contributed by atoms with Crippen molar-refractivity contribution in [2.45, 2.75) is 13.0 Å². The van der Waals surface area contributed by atoms with Crippen LogP contribution in [0.25, 0.3) is 33.3 Å². The number of hydrogen-bond donors (Lipinski definition) is 1. The SMILES string of the molecule is CC(Oc1ccc(Cl)cc1Cl)C(=O)Nc1cccc(-c2nc3c(ccc4ccccc43)o2)c1. The highest BCUT2D eigenvalue weighted by Gasteiger charge is 2.17. The lowest BCUT2D eigenvalue weighted by atomic mass is 10.1. The number of fused-ring (bicyclic) bond motifs is 3. The van der Waals surface area contributed by atoms with Gasteiger partial charge in [0.1, 0.15) is 11.3 Å². The van der Waals surface area contributed by atoms with E-state index in [1.54, 1.807) is 31.2 Å². The first-order chi connectivity index (χ1) is 16.0. The molecule has 0 aliphatic carbocycles. The molecule has 1 N–H and O–H groups in total. The lowest BCUT2D eigenvalue weighted by Crippen LogP contribution is -2.30. The molecular formula is C26H18Cl2N2O3. The molecule has 5 rings (SSSR count). The second-order valence-corrected chi connectivity index (χ2v) is 8.40. The summed E-state index contributed by atoms with van der Waals surface area (Å²) >= 11 is 12.0. The molecule has 0 saturated heterocycles. The Morgan fingerprint density at radius 3 is 2.70 bits per heavy atom. The molecule has 0 radical (unpaired) electrons. The number of hydrogen-bond acceptors (Lipinski definition) is 4. The van der Waals surface area contributed by atoms with Crippen molar-refractivity contribution in [3.05, 3.63) is 88.9 Å². The third-order valence-electron chi connectivity index (χ3n) is 5.23. The van der Waals surface area contributed by atoms with Gasteiger partial charge in [-0.2, -0.15) is 0 Å². The highest BCUT2D eigenvalue weighted by atomic mass is 35.5. The van der Waals surface area contributed by atoms with Crippen molar-refractivity contribution in [3.63, 3.8) is 0 Å². The zero-order chi connectivity index (χ0) is 22.9. The molecule has 164 valence electrons. The summed E-state index contributed by atoms with van der Waals surface area (Å²) in [5, 5.41) is 5.82. The van der Waals surface area contributed by atoms with Crippen LogP contribution in [-0.2, 0) is 4.79 Å². The summed E-state index contributed by atoms with van der Waals surface area (Å²) in [6, 6.07) is 24.1. The number of nitrogens with one attached hydrogen (secondary N) is 1. The lowest BCUT2D eigenvalue weighted by Gasteiger charge is -2.16. The maximum absolute atomic E-state index is 12.7. The minimum absolute atomic E-state index is 0.318. The summed E-state index contributed by atoms with van der Waals surface area (Å²) in [4.78, 5) is 17.4. The summed E-state index contributed by atoms with van der Waals surface area (Å²) < 4.78 is 11.7. The second-order valence-electron chi connectivity index (χ2n) is 7.56. The molecule has 0 spiro atoms. The van der Waals surface area contributed by atoms with Gasteiger partial charge < -0.3 is 14.5 Å². The maximum atomic E-state index is 12.7. The van der Waals surface area contributed by atoms with Crippen LogP contribution in [0, 0.1) is 0 Å². The van der Waals surface area contributed by atoms with E-state index in [0.29, 0.717) is 33.0 Å². The van der Waals surface area contributed by atoms with Crippen molar-refractivity contribution in [1.82, 2.24) is 4.98 Å². The highest BCUT2D eigenvalue weighted by molar-refractivity contribution is 6.35. The Balaban J connectivity index is 1.37. The molecule has 1 heterocycles. The van der Waals surface area contributed by atoms with E-state index in [2.05, 4.69) is 5.32 Å². The fourth-order valence-electron chi connectivity index (χ4n) is 3.57. The van der Waals surface area contributed by atoms with Crippen LogP contribution in [0.5, 0.6) is 5.75 Å². The van der Waals surface area contributed by atoms with Gasteiger partial charge in [-0.25, -0.2) is 4.98 Å². The van der Waals surface area contributed by atoms with E-state index in [4.69, 9.17) is 37.3 Å². The van der Waals surface area contributed by atoms with Crippen molar-refractivity contribution >= 4 is 56.7 Å². The minimum Gasteiger partial charge on any atom is -0.479 e. The fraction of sp³-hybridized carbons (Fsp3) is 0.0769. The van der Waals surface area contributed by atoms with Crippen LogP contribution in [0.1, 0.15) is 6.92 Å². The molecular weight excluding hydrogens is 459 g/mol. The first-order valence-corrected chi connectivity index (χ1v) is 11.0. The van der Waals surface area contributed by atoms with Gasteiger partial charge in [-0.05, 0) is 54.8 Å². The number of rotatable bonds is 5. The Labute approximate surface area is 199 Å². The summed E-state index contributed by atoms with van der Waals surface area (Å²) in [6.45, 7) is 1.65. The van der Waals surface area contributed by atoms with Crippen molar-refractivity contribution in [3.8, 4) is 17.2 Å². The van der Waals surface area contributed by atoms with Gasteiger partial charge in [-0.3, -0.25) is 4.79 Å². The number of carbonyl (C=O) groups excluding carboxylic acids is 1.